The highest BCUT2D eigenvalue weighted by molar-refractivity contribution is 7.89. The summed E-state index contributed by atoms with van der Waals surface area (Å²) in [5.41, 5.74) is 5.67. The molecule has 0 radical (unpaired) electrons. The van der Waals surface area contributed by atoms with Crippen molar-refractivity contribution in [3.63, 3.8) is 0 Å². The zero-order valence-corrected chi connectivity index (χ0v) is 18.4. The summed E-state index contributed by atoms with van der Waals surface area (Å²) in [6, 6.07) is 11.3. The second-order valence-corrected chi connectivity index (χ2v) is 10.1. The fraction of sp³-hybridized carbons (Fsp3) is 0.174. The van der Waals surface area contributed by atoms with Gasteiger partial charge in [0.25, 0.3) is 5.91 Å². The molecule has 4 heterocycles. The van der Waals surface area contributed by atoms with E-state index in [0.717, 1.165) is 27.7 Å². The minimum absolute atomic E-state index is 0.0628. The van der Waals surface area contributed by atoms with Crippen molar-refractivity contribution < 1.29 is 13.2 Å². The van der Waals surface area contributed by atoms with E-state index < -0.39 is 9.84 Å². The first kappa shape index (κ1) is 20.2. The molecule has 0 saturated carbocycles. The van der Waals surface area contributed by atoms with Crippen LogP contribution >= 0.6 is 0 Å². The van der Waals surface area contributed by atoms with Gasteiger partial charge in [0.1, 0.15) is 11.5 Å². The van der Waals surface area contributed by atoms with E-state index >= 15 is 0 Å². The Kier molecular flexibility index (Phi) is 4.70. The second kappa shape index (κ2) is 7.45. The van der Waals surface area contributed by atoms with Crippen molar-refractivity contribution in [3.05, 3.63) is 71.7 Å². The third kappa shape index (κ3) is 3.60. The topological polar surface area (TPSA) is 106 Å². The van der Waals surface area contributed by atoms with Crippen molar-refractivity contribution in [1.82, 2.24) is 19.9 Å². The first-order valence-corrected chi connectivity index (χ1v) is 12.1. The van der Waals surface area contributed by atoms with Gasteiger partial charge < -0.3 is 15.2 Å². The summed E-state index contributed by atoms with van der Waals surface area (Å²) in [4.78, 5) is 21.5. The Morgan fingerprint density at radius 2 is 1.94 bits per heavy atom. The number of amides is 1. The Labute approximate surface area is 185 Å². The van der Waals surface area contributed by atoms with E-state index in [4.69, 9.17) is 0 Å². The molecule has 5 rings (SSSR count). The van der Waals surface area contributed by atoms with Crippen LogP contribution < -0.4 is 10.6 Å². The summed E-state index contributed by atoms with van der Waals surface area (Å²) in [5.74, 6) is 0.329. The van der Waals surface area contributed by atoms with Crippen molar-refractivity contribution in [1.29, 1.82) is 0 Å². The number of sulfone groups is 1. The molecule has 1 amide bonds. The van der Waals surface area contributed by atoms with Crippen LogP contribution in [0.1, 0.15) is 21.5 Å². The lowest BCUT2D eigenvalue weighted by Crippen LogP contribution is -2.13. The van der Waals surface area contributed by atoms with Crippen LogP contribution in [0.15, 0.2) is 55.0 Å². The minimum Gasteiger partial charge on any atom is -0.348 e. The highest BCUT2D eigenvalue weighted by atomic mass is 32.2. The molecule has 1 aliphatic heterocycles. The van der Waals surface area contributed by atoms with Gasteiger partial charge in [-0.15, -0.1) is 0 Å². The minimum atomic E-state index is -3.13. The maximum atomic E-state index is 12.7. The maximum Gasteiger partial charge on any atom is 0.254 e. The van der Waals surface area contributed by atoms with Crippen LogP contribution in [0.4, 0.5) is 11.5 Å². The van der Waals surface area contributed by atoms with Crippen LogP contribution in [0.3, 0.4) is 0 Å². The number of rotatable bonds is 5. The molecule has 4 aromatic rings. The molecule has 0 spiro atoms. The van der Waals surface area contributed by atoms with Crippen molar-refractivity contribution in [3.8, 4) is 11.1 Å². The van der Waals surface area contributed by atoms with E-state index in [9.17, 15) is 13.2 Å². The average Bonchev–Trinajstić information content (AvgIpc) is 3.32. The van der Waals surface area contributed by atoms with E-state index in [-0.39, 0.29) is 11.7 Å². The van der Waals surface area contributed by atoms with Crippen LogP contribution in [0, 0.1) is 0 Å². The Balaban J connectivity index is 1.53. The number of hydrogen-bond donors (Lipinski definition) is 2. The zero-order valence-electron chi connectivity index (χ0n) is 17.6. The van der Waals surface area contributed by atoms with Crippen molar-refractivity contribution in [2.24, 2.45) is 7.05 Å². The average molecular weight is 448 g/mol. The van der Waals surface area contributed by atoms with E-state index in [1.54, 1.807) is 18.3 Å². The first-order valence-electron chi connectivity index (χ1n) is 10.0. The number of aromatic nitrogens is 3. The Morgan fingerprint density at radius 1 is 1.09 bits per heavy atom. The molecular formula is C23H21N5O3S. The third-order valence-electron chi connectivity index (χ3n) is 5.54. The van der Waals surface area contributed by atoms with Crippen molar-refractivity contribution >= 4 is 38.3 Å². The fourth-order valence-electron chi connectivity index (χ4n) is 4.13. The van der Waals surface area contributed by atoms with Crippen molar-refractivity contribution in [2.75, 3.05) is 11.6 Å². The lowest BCUT2D eigenvalue weighted by molar-refractivity contribution is 0.0966. The fourth-order valence-corrected chi connectivity index (χ4v) is 4.90. The molecular weight excluding hydrogens is 426 g/mol. The van der Waals surface area contributed by atoms with Gasteiger partial charge in [0.05, 0.1) is 17.0 Å². The Morgan fingerprint density at radius 3 is 2.69 bits per heavy atom. The molecule has 1 aromatic carbocycles. The normalized spacial score (nSPS) is 13.2. The number of carbonyl (C=O) groups excluding carboxylic acids is 1. The van der Waals surface area contributed by atoms with Gasteiger partial charge >= 0.3 is 0 Å². The largest absolute Gasteiger partial charge is 0.348 e. The van der Waals surface area contributed by atoms with Crippen LogP contribution in [0.5, 0.6) is 0 Å². The van der Waals surface area contributed by atoms with Crippen molar-refractivity contribution in [2.45, 2.75) is 12.3 Å². The number of aryl methyl sites for hydroxylation is 1. The van der Waals surface area contributed by atoms with Gasteiger partial charge in [-0.1, -0.05) is 12.1 Å². The molecule has 0 unspecified atom stereocenters. The number of benzene rings is 1. The lowest BCUT2D eigenvalue weighted by atomic mass is 9.94. The number of fused-ring (bicyclic) bond motifs is 2. The van der Waals surface area contributed by atoms with Gasteiger partial charge in [-0.05, 0) is 46.5 Å². The summed E-state index contributed by atoms with van der Waals surface area (Å²) < 4.78 is 24.9. The van der Waals surface area contributed by atoms with Gasteiger partial charge in [0.2, 0.25) is 0 Å². The van der Waals surface area contributed by atoms with Crippen LogP contribution in [0.25, 0.3) is 22.2 Å². The molecule has 0 aliphatic carbocycles. The highest BCUT2D eigenvalue weighted by Crippen LogP contribution is 2.37. The van der Waals surface area contributed by atoms with Gasteiger partial charge in [0.15, 0.2) is 9.84 Å². The lowest BCUT2D eigenvalue weighted by Gasteiger charge is -2.14. The van der Waals surface area contributed by atoms with E-state index in [1.807, 2.05) is 42.1 Å². The summed E-state index contributed by atoms with van der Waals surface area (Å²) in [7, 11) is -1.17. The molecule has 3 aromatic heterocycles. The zero-order chi connectivity index (χ0) is 22.5. The summed E-state index contributed by atoms with van der Waals surface area (Å²) in [6.07, 6.45) is 6.47. The highest BCUT2D eigenvalue weighted by Gasteiger charge is 2.27. The number of nitrogens with one attached hydrogen (secondary N) is 2. The third-order valence-corrected chi connectivity index (χ3v) is 6.40. The smallest absolute Gasteiger partial charge is 0.254 e. The molecule has 8 nitrogen and oxygen atoms in total. The van der Waals surface area contributed by atoms with Gasteiger partial charge in [0, 0.05) is 43.8 Å². The summed E-state index contributed by atoms with van der Waals surface area (Å²) in [6.45, 7) is 0.441. The number of hydrogen-bond acceptors (Lipinski definition) is 6. The van der Waals surface area contributed by atoms with Gasteiger partial charge in [-0.3, -0.25) is 4.79 Å². The molecule has 0 bridgehead atoms. The van der Waals surface area contributed by atoms with E-state index in [2.05, 4.69) is 20.6 Å². The van der Waals surface area contributed by atoms with Crippen LogP contribution in [0.2, 0.25) is 0 Å². The quantitative estimate of drug-likeness (QED) is 0.487. The Bertz CT molecular complexity index is 1470. The van der Waals surface area contributed by atoms with Gasteiger partial charge in [-0.25, -0.2) is 18.4 Å². The van der Waals surface area contributed by atoms with E-state index in [1.165, 1.54) is 12.5 Å². The standard InChI is InChI=1S/C23H21N5O3S/c1-28-10-8-17-16(7-9-24-22(17)28)15-4-5-19(21-18(15)12-26-23(21)29)27-20-6-3-14(11-25-20)13-32(2,30)31/h3-11H,12-13H2,1-2H3,(H,25,27)(H,26,29). The summed E-state index contributed by atoms with van der Waals surface area (Å²) >= 11 is 0. The second-order valence-electron chi connectivity index (χ2n) is 7.97. The first-order chi connectivity index (χ1) is 15.3. The SMILES string of the molecule is Cn1ccc2c(-c3ccc(Nc4ccc(CS(C)(=O)=O)cn4)c4c3CNC4=O)ccnc21. The number of pyridine rings is 2. The molecule has 162 valence electrons. The molecule has 0 saturated heterocycles. The summed E-state index contributed by atoms with van der Waals surface area (Å²) in [5, 5.41) is 7.16. The predicted molar refractivity (Wildman–Crippen MR) is 123 cm³/mol. The monoisotopic (exact) mass is 447 g/mol. The molecule has 2 N–H and O–H groups in total. The number of nitrogens with zero attached hydrogens (tertiary/aromatic N) is 3. The van der Waals surface area contributed by atoms with Crippen LogP contribution in [-0.4, -0.2) is 35.1 Å². The van der Waals surface area contributed by atoms with Gasteiger partial charge in [-0.2, -0.15) is 0 Å². The van der Waals surface area contributed by atoms with E-state index in [0.29, 0.717) is 29.2 Å². The molecule has 1 aliphatic rings. The molecule has 32 heavy (non-hydrogen) atoms. The number of carbonyl (C=O) groups is 1. The maximum absolute atomic E-state index is 12.7. The molecule has 0 fully saturated rings. The number of anilines is 2. The molecule has 9 heteroatoms. The Hall–Kier alpha value is -3.72. The predicted octanol–water partition coefficient (Wildman–Crippen LogP) is 3.17. The molecule has 0 atom stereocenters. The van der Waals surface area contributed by atoms with Crippen LogP contribution in [-0.2, 0) is 29.2 Å².